The summed E-state index contributed by atoms with van der Waals surface area (Å²) in [5.41, 5.74) is 1.71. The van der Waals surface area contributed by atoms with E-state index < -0.39 is 24.3 Å². The van der Waals surface area contributed by atoms with Crippen molar-refractivity contribution in [3.05, 3.63) is 72.0 Å². The molecule has 4 rings (SSSR count). The van der Waals surface area contributed by atoms with Gasteiger partial charge in [0.25, 0.3) is 5.91 Å². The van der Waals surface area contributed by atoms with E-state index in [2.05, 4.69) is 5.32 Å². The summed E-state index contributed by atoms with van der Waals surface area (Å²) < 4.78 is 29.4. The van der Waals surface area contributed by atoms with E-state index in [-0.39, 0.29) is 11.3 Å². The largest absolute Gasteiger partial charge is 0.497 e. The summed E-state index contributed by atoms with van der Waals surface area (Å²) in [6, 6.07) is 16.6. The average molecular weight is 393 g/mol. The second-order valence-corrected chi connectivity index (χ2v) is 6.28. The summed E-state index contributed by atoms with van der Waals surface area (Å²) in [6.07, 6.45) is 0. The maximum atomic E-state index is 13.9. The number of benzene rings is 3. The highest BCUT2D eigenvalue weighted by Gasteiger charge is 2.16. The number of methoxy groups -OCH3 is 1. The first kappa shape index (κ1) is 18.5. The van der Waals surface area contributed by atoms with Gasteiger partial charge in [-0.25, -0.2) is 9.18 Å². The summed E-state index contributed by atoms with van der Waals surface area (Å²) in [4.78, 5) is 24.2. The van der Waals surface area contributed by atoms with E-state index in [0.717, 1.165) is 22.4 Å². The Morgan fingerprint density at radius 3 is 2.59 bits per heavy atom. The Hall–Kier alpha value is -3.87. The van der Waals surface area contributed by atoms with Crippen LogP contribution in [0.4, 0.5) is 10.1 Å². The number of ether oxygens (including phenoxy) is 2. The van der Waals surface area contributed by atoms with Crippen LogP contribution in [0.15, 0.2) is 65.1 Å². The molecule has 29 heavy (non-hydrogen) atoms. The first-order valence-corrected chi connectivity index (χ1v) is 8.77. The summed E-state index contributed by atoms with van der Waals surface area (Å²) in [7, 11) is 1.39. The lowest BCUT2D eigenvalue weighted by Gasteiger charge is -2.08. The van der Waals surface area contributed by atoms with Crippen molar-refractivity contribution in [2.75, 3.05) is 19.0 Å². The summed E-state index contributed by atoms with van der Waals surface area (Å²) in [5, 5.41) is 4.44. The number of rotatable bonds is 5. The van der Waals surface area contributed by atoms with Gasteiger partial charge in [-0.2, -0.15) is 0 Å². The van der Waals surface area contributed by atoms with Crippen molar-refractivity contribution in [1.82, 2.24) is 0 Å². The molecule has 1 N–H and O–H groups in total. The molecule has 1 heterocycles. The Labute approximate surface area is 164 Å². The number of hydrogen-bond acceptors (Lipinski definition) is 5. The molecule has 0 bridgehead atoms. The molecule has 0 atom stereocenters. The zero-order valence-electron chi connectivity index (χ0n) is 15.4. The average Bonchev–Trinajstić information content (AvgIpc) is 3.10. The van der Waals surface area contributed by atoms with Crippen LogP contribution in [0.2, 0.25) is 0 Å². The standard InChI is InChI=1S/C22H16FNO5/c1-27-14-7-8-16(18(23)11-14)22(26)28-12-21(25)24-13-6-9-20-17(10-13)15-4-2-3-5-19(15)29-20/h2-11H,12H2,1H3,(H,24,25). The molecule has 0 fully saturated rings. The summed E-state index contributed by atoms with van der Waals surface area (Å²) in [5.74, 6) is -1.98. The molecule has 0 aliphatic rings. The topological polar surface area (TPSA) is 77.8 Å². The van der Waals surface area contributed by atoms with Crippen LogP contribution >= 0.6 is 0 Å². The van der Waals surface area contributed by atoms with Crippen LogP contribution < -0.4 is 10.1 Å². The van der Waals surface area contributed by atoms with Gasteiger partial charge in [-0.05, 0) is 36.4 Å². The second kappa shape index (κ2) is 7.63. The van der Waals surface area contributed by atoms with Gasteiger partial charge in [0.15, 0.2) is 6.61 Å². The SMILES string of the molecule is COc1ccc(C(=O)OCC(=O)Nc2ccc3oc4ccccc4c3c2)c(F)c1. The van der Waals surface area contributed by atoms with Crippen LogP contribution in [0, 0.1) is 5.82 Å². The molecule has 0 saturated carbocycles. The van der Waals surface area contributed by atoms with Gasteiger partial charge in [0.2, 0.25) is 0 Å². The monoisotopic (exact) mass is 393 g/mol. The molecule has 1 aromatic heterocycles. The van der Waals surface area contributed by atoms with Gasteiger partial charge < -0.3 is 19.2 Å². The molecule has 7 heteroatoms. The number of fused-ring (bicyclic) bond motifs is 3. The molecule has 146 valence electrons. The third kappa shape index (κ3) is 3.75. The zero-order valence-corrected chi connectivity index (χ0v) is 15.4. The molecular formula is C22H16FNO5. The molecule has 0 radical (unpaired) electrons. The van der Waals surface area contributed by atoms with Gasteiger partial charge in [-0.3, -0.25) is 4.79 Å². The first-order chi connectivity index (χ1) is 14.0. The lowest BCUT2D eigenvalue weighted by molar-refractivity contribution is -0.119. The third-order valence-corrected chi connectivity index (χ3v) is 4.39. The quantitative estimate of drug-likeness (QED) is 0.504. The Morgan fingerprint density at radius 1 is 1.00 bits per heavy atom. The van der Waals surface area contributed by atoms with E-state index in [0.29, 0.717) is 11.3 Å². The first-order valence-electron chi connectivity index (χ1n) is 8.77. The van der Waals surface area contributed by atoms with Crippen LogP contribution in [-0.2, 0) is 9.53 Å². The number of hydrogen-bond donors (Lipinski definition) is 1. The smallest absolute Gasteiger partial charge is 0.341 e. The highest BCUT2D eigenvalue weighted by atomic mass is 19.1. The number of anilines is 1. The van der Waals surface area contributed by atoms with Gasteiger partial charge in [-0.15, -0.1) is 0 Å². The minimum atomic E-state index is -0.934. The maximum absolute atomic E-state index is 13.9. The number of esters is 1. The highest BCUT2D eigenvalue weighted by Crippen LogP contribution is 2.30. The van der Waals surface area contributed by atoms with Crippen molar-refractivity contribution < 1.29 is 27.9 Å². The lowest BCUT2D eigenvalue weighted by Crippen LogP contribution is -2.21. The van der Waals surface area contributed by atoms with E-state index in [9.17, 15) is 14.0 Å². The van der Waals surface area contributed by atoms with Gasteiger partial charge in [-0.1, -0.05) is 18.2 Å². The molecule has 6 nitrogen and oxygen atoms in total. The van der Waals surface area contributed by atoms with E-state index in [1.807, 2.05) is 24.3 Å². The Morgan fingerprint density at radius 2 is 1.79 bits per heavy atom. The molecular weight excluding hydrogens is 377 g/mol. The lowest BCUT2D eigenvalue weighted by atomic mass is 10.1. The van der Waals surface area contributed by atoms with Crippen LogP contribution in [0.1, 0.15) is 10.4 Å². The van der Waals surface area contributed by atoms with E-state index in [4.69, 9.17) is 13.9 Å². The van der Waals surface area contributed by atoms with Crippen LogP contribution in [0.3, 0.4) is 0 Å². The molecule has 0 unspecified atom stereocenters. The number of furan rings is 1. The van der Waals surface area contributed by atoms with Gasteiger partial charge in [0.1, 0.15) is 22.7 Å². The predicted molar refractivity (Wildman–Crippen MR) is 106 cm³/mol. The number of para-hydroxylation sites is 1. The Kier molecular flexibility index (Phi) is 4.87. The fourth-order valence-corrected chi connectivity index (χ4v) is 3.00. The number of carbonyl (C=O) groups excluding carboxylic acids is 2. The number of amides is 1. The summed E-state index contributed by atoms with van der Waals surface area (Å²) in [6.45, 7) is -0.547. The molecule has 4 aromatic rings. The Balaban J connectivity index is 1.43. The van der Waals surface area contributed by atoms with Crippen molar-refractivity contribution in [2.45, 2.75) is 0 Å². The molecule has 0 aliphatic carbocycles. The van der Waals surface area contributed by atoms with Gasteiger partial charge in [0.05, 0.1) is 12.7 Å². The minimum absolute atomic E-state index is 0.273. The molecule has 0 aliphatic heterocycles. The van der Waals surface area contributed by atoms with Crippen molar-refractivity contribution >= 4 is 39.5 Å². The fraction of sp³-hybridized carbons (Fsp3) is 0.0909. The maximum Gasteiger partial charge on any atom is 0.341 e. The van der Waals surface area contributed by atoms with Crippen LogP contribution in [-0.4, -0.2) is 25.6 Å². The van der Waals surface area contributed by atoms with Gasteiger partial charge >= 0.3 is 5.97 Å². The van der Waals surface area contributed by atoms with Crippen LogP contribution in [0.5, 0.6) is 5.75 Å². The van der Waals surface area contributed by atoms with Crippen molar-refractivity contribution in [3.8, 4) is 5.75 Å². The minimum Gasteiger partial charge on any atom is -0.497 e. The predicted octanol–water partition coefficient (Wildman–Crippen LogP) is 4.53. The number of carbonyl (C=O) groups is 2. The van der Waals surface area contributed by atoms with E-state index >= 15 is 0 Å². The fourth-order valence-electron chi connectivity index (χ4n) is 3.00. The Bertz CT molecular complexity index is 1230. The van der Waals surface area contributed by atoms with Crippen molar-refractivity contribution in [2.24, 2.45) is 0 Å². The van der Waals surface area contributed by atoms with Crippen molar-refractivity contribution in [1.29, 1.82) is 0 Å². The third-order valence-electron chi connectivity index (χ3n) is 4.39. The van der Waals surface area contributed by atoms with Crippen LogP contribution in [0.25, 0.3) is 21.9 Å². The molecule has 0 spiro atoms. The normalized spacial score (nSPS) is 10.8. The molecule has 1 amide bonds. The summed E-state index contributed by atoms with van der Waals surface area (Å²) >= 11 is 0. The number of nitrogens with one attached hydrogen (secondary N) is 1. The molecule has 3 aromatic carbocycles. The van der Waals surface area contributed by atoms with Crippen molar-refractivity contribution in [3.63, 3.8) is 0 Å². The molecule has 0 saturated heterocycles. The zero-order chi connectivity index (χ0) is 20.4. The van der Waals surface area contributed by atoms with E-state index in [1.165, 1.54) is 19.2 Å². The highest BCUT2D eigenvalue weighted by molar-refractivity contribution is 6.07. The second-order valence-electron chi connectivity index (χ2n) is 6.28. The van der Waals surface area contributed by atoms with E-state index in [1.54, 1.807) is 18.2 Å². The van der Waals surface area contributed by atoms with Gasteiger partial charge in [0, 0.05) is 22.5 Å². The number of halogens is 1.